The zero-order chi connectivity index (χ0) is 8.10. The van der Waals surface area contributed by atoms with E-state index in [0.29, 0.717) is 5.92 Å². The summed E-state index contributed by atoms with van der Waals surface area (Å²) in [5.41, 5.74) is 0. The first-order chi connectivity index (χ1) is 5.29. The maximum absolute atomic E-state index is 3.32. The third-order valence-electron chi connectivity index (χ3n) is 1.66. The van der Waals surface area contributed by atoms with Gasteiger partial charge < -0.3 is 5.32 Å². The molecule has 2 atom stereocenters. The van der Waals surface area contributed by atoms with Crippen molar-refractivity contribution in [3.05, 3.63) is 0 Å². The van der Waals surface area contributed by atoms with Gasteiger partial charge in [-0.3, -0.25) is 0 Å². The molecule has 0 saturated heterocycles. The van der Waals surface area contributed by atoms with Gasteiger partial charge in [-0.25, -0.2) is 0 Å². The number of rotatable bonds is 0. The van der Waals surface area contributed by atoms with Gasteiger partial charge in [-0.2, -0.15) is 0 Å². The largest absolute Gasteiger partial charge is 0.304 e. The molecule has 0 amide bonds. The summed E-state index contributed by atoms with van der Waals surface area (Å²) in [7, 11) is 0. The molecule has 0 aliphatic carbocycles. The Morgan fingerprint density at radius 3 is 2.91 bits per heavy atom. The second-order valence-corrected chi connectivity index (χ2v) is 3.01. The first-order valence-electron chi connectivity index (χ1n) is 4.01. The molecule has 1 aliphatic heterocycles. The highest BCUT2D eigenvalue weighted by Gasteiger charge is 2.02. The summed E-state index contributed by atoms with van der Waals surface area (Å²) in [4.78, 5) is 0. The first kappa shape index (κ1) is 8.18. The van der Waals surface area contributed by atoms with Gasteiger partial charge in [0.15, 0.2) is 0 Å². The molecule has 1 heteroatoms. The van der Waals surface area contributed by atoms with Gasteiger partial charge in [0.2, 0.25) is 0 Å². The minimum Gasteiger partial charge on any atom is -0.304 e. The molecule has 1 heterocycles. The summed E-state index contributed by atoms with van der Waals surface area (Å²) < 4.78 is 0. The van der Waals surface area contributed by atoms with Crippen molar-refractivity contribution in [1.29, 1.82) is 0 Å². The van der Waals surface area contributed by atoms with Gasteiger partial charge >= 0.3 is 0 Å². The fourth-order valence-electron chi connectivity index (χ4n) is 0.915. The molecule has 0 aromatic rings. The normalized spacial score (nSPS) is 29.6. The SMILES string of the molecule is CC1CC#CC#CC(C)NC1. The fraction of sp³-hybridized carbons (Fsp3) is 0.600. The number of hydrogen-bond donors (Lipinski definition) is 1. The third-order valence-corrected chi connectivity index (χ3v) is 1.66. The van der Waals surface area contributed by atoms with Crippen molar-refractivity contribution in [2.45, 2.75) is 26.3 Å². The third kappa shape index (κ3) is 3.12. The van der Waals surface area contributed by atoms with E-state index in [1.807, 2.05) is 0 Å². The van der Waals surface area contributed by atoms with Crippen molar-refractivity contribution >= 4 is 0 Å². The Morgan fingerprint density at radius 1 is 1.27 bits per heavy atom. The highest BCUT2D eigenvalue weighted by molar-refractivity contribution is 5.28. The van der Waals surface area contributed by atoms with Crippen LogP contribution in [0, 0.1) is 29.6 Å². The van der Waals surface area contributed by atoms with Crippen LogP contribution in [0.25, 0.3) is 0 Å². The Balaban J connectivity index is 2.59. The highest BCUT2D eigenvalue weighted by atomic mass is 14.9. The predicted molar refractivity (Wildman–Crippen MR) is 46.8 cm³/mol. The van der Waals surface area contributed by atoms with Crippen LogP contribution in [0.15, 0.2) is 0 Å². The van der Waals surface area contributed by atoms with Gasteiger partial charge in [-0.1, -0.05) is 18.8 Å². The van der Waals surface area contributed by atoms with Crippen molar-refractivity contribution in [1.82, 2.24) is 5.32 Å². The summed E-state index contributed by atoms with van der Waals surface area (Å²) in [6, 6.07) is 0.282. The molecule has 0 aromatic carbocycles. The van der Waals surface area contributed by atoms with Gasteiger partial charge in [-0.05, 0) is 31.2 Å². The Hall–Kier alpha value is -0.920. The molecule has 1 nitrogen and oxygen atoms in total. The average molecular weight is 147 g/mol. The van der Waals surface area contributed by atoms with E-state index < -0.39 is 0 Å². The van der Waals surface area contributed by atoms with Gasteiger partial charge in [0.1, 0.15) is 0 Å². The van der Waals surface area contributed by atoms with Crippen molar-refractivity contribution in [2.75, 3.05) is 6.54 Å². The van der Waals surface area contributed by atoms with Crippen LogP contribution in [0.1, 0.15) is 20.3 Å². The lowest BCUT2D eigenvalue weighted by molar-refractivity contribution is 0.510. The maximum Gasteiger partial charge on any atom is 0.0671 e. The fourth-order valence-corrected chi connectivity index (χ4v) is 0.915. The molecule has 0 spiro atoms. The second kappa shape index (κ2) is 4.06. The molecule has 1 aliphatic rings. The van der Waals surface area contributed by atoms with Crippen LogP contribution in [-0.2, 0) is 0 Å². The van der Waals surface area contributed by atoms with E-state index in [1.165, 1.54) is 0 Å². The van der Waals surface area contributed by atoms with Crippen LogP contribution in [0.4, 0.5) is 0 Å². The maximum atomic E-state index is 3.32. The molecule has 0 radical (unpaired) electrons. The smallest absolute Gasteiger partial charge is 0.0671 e. The lowest BCUT2D eigenvalue weighted by atomic mass is 10.1. The summed E-state index contributed by atoms with van der Waals surface area (Å²) in [5, 5.41) is 3.32. The standard InChI is InChI=1S/C10H13N/c1-9-6-4-3-5-7-10(2)11-8-9/h9-11H,6,8H2,1-2H3. The molecule has 2 unspecified atom stereocenters. The Morgan fingerprint density at radius 2 is 2.09 bits per heavy atom. The molecule has 0 fully saturated rings. The van der Waals surface area contributed by atoms with Crippen LogP contribution < -0.4 is 5.32 Å². The lowest BCUT2D eigenvalue weighted by Crippen LogP contribution is -2.28. The molecule has 0 bridgehead atoms. The van der Waals surface area contributed by atoms with Crippen molar-refractivity contribution in [3.8, 4) is 23.7 Å². The first-order valence-corrected chi connectivity index (χ1v) is 4.01. The Labute approximate surface area is 68.6 Å². The minimum atomic E-state index is 0.282. The topological polar surface area (TPSA) is 12.0 Å². The van der Waals surface area contributed by atoms with Crippen molar-refractivity contribution in [2.24, 2.45) is 5.92 Å². The van der Waals surface area contributed by atoms with Crippen LogP contribution in [0.3, 0.4) is 0 Å². The Bertz CT molecular complexity index is 233. The molecular weight excluding hydrogens is 134 g/mol. The van der Waals surface area contributed by atoms with E-state index >= 15 is 0 Å². The molecule has 11 heavy (non-hydrogen) atoms. The van der Waals surface area contributed by atoms with Gasteiger partial charge in [0.05, 0.1) is 6.04 Å². The quantitative estimate of drug-likeness (QED) is 0.504. The zero-order valence-corrected chi connectivity index (χ0v) is 7.07. The van der Waals surface area contributed by atoms with E-state index in [1.54, 1.807) is 0 Å². The van der Waals surface area contributed by atoms with E-state index in [9.17, 15) is 0 Å². The zero-order valence-electron chi connectivity index (χ0n) is 7.07. The minimum absolute atomic E-state index is 0.282. The Kier molecular flexibility index (Phi) is 3.02. The molecule has 0 saturated carbocycles. The highest BCUT2D eigenvalue weighted by Crippen LogP contribution is 1.98. The lowest BCUT2D eigenvalue weighted by Gasteiger charge is -2.10. The van der Waals surface area contributed by atoms with Crippen molar-refractivity contribution in [3.63, 3.8) is 0 Å². The summed E-state index contributed by atoms with van der Waals surface area (Å²) in [6.07, 6.45) is 0.953. The van der Waals surface area contributed by atoms with E-state index in [2.05, 4.69) is 42.8 Å². The second-order valence-electron chi connectivity index (χ2n) is 3.01. The van der Waals surface area contributed by atoms with Gasteiger partial charge in [0, 0.05) is 6.42 Å². The predicted octanol–water partition coefficient (Wildman–Crippen LogP) is 1.01. The van der Waals surface area contributed by atoms with E-state index in [0.717, 1.165) is 13.0 Å². The number of nitrogens with one attached hydrogen (secondary N) is 1. The van der Waals surface area contributed by atoms with Crippen LogP contribution in [-0.4, -0.2) is 12.6 Å². The van der Waals surface area contributed by atoms with Crippen LogP contribution in [0.5, 0.6) is 0 Å². The van der Waals surface area contributed by atoms with Crippen LogP contribution in [0.2, 0.25) is 0 Å². The summed E-state index contributed by atoms with van der Waals surface area (Å²) >= 11 is 0. The summed E-state index contributed by atoms with van der Waals surface area (Å²) in [6.45, 7) is 5.27. The molecule has 58 valence electrons. The summed E-state index contributed by atoms with van der Waals surface area (Å²) in [5.74, 6) is 12.3. The molecular formula is C10H13N. The van der Waals surface area contributed by atoms with Gasteiger partial charge in [0.25, 0.3) is 0 Å². The van der Waals surface area contributed by atoms with Gasteiger partial charge in [-0.15, -0.1) is 0 Å². The monoisotopic (exact) mass is 147 g/mol. The van der Waals surface area contributed by atoms with E-state index in [-0.39, 0.29) is 6.04 Å². The van der Waals surface area contributed by atoms with Crippen LogP contribution >= 0.6 is 0 Å². The molecule has 0 aromatic heterocycles. The molecule has 1 rings (SSSR count). The van der Waals surface area contributed by atoms with E-state index in [4.69, 9.17) is 0 Å². The van der Waals surface area contributed by atoms with Crippen molar-refractivity contribution < 1.29 is 0 Å². The number of hydrogen-bond acceptors (Lipinski definition) is 1. The average Bonchev–Trinajstić information content (AvgIpc) is 2.06. The molecule has 1 N–H and O–H groups in total.